The maximum Gasteiger partial charge on any atom is 0.252 e. The van der Waals surface area contributed by atoms with E-state index in [1.165, 1.54) is 19.3 Å². The summed E-state index contributed by atoms with van der Waals surface area (Å²) in [5.74, 6) is 0.644. The number of carbonyl (C=O) groups is 1. The van der Waals surface area contributed by atoms with E-state index in [4.69, 9.17) is 27.6 Å². The Balaban J connectivity index is 1.71. The molecule has 24 heavy (non-hydrogen) atoms. The zero-order valence-electron chi connectivity index (χ0n) is 13.3. The quantitative estimate of drug-likeness (QED) is 0.844. The summed E-state index contributed by atoms with van der Waals surface area (Å²) >= 11 is 12.1. The van der Waals surface area contributed by atoms with Gasteiger partial charge in [-0.15, -0.1) is 0 Å². The van der Waals surface area contributed by atoms with Crippen LogP contribution >= 0.6 is 23.2 Å². The highest BCUT2D eigenvalue weighted by Crippen LogP contribution is 2.27. The molecule has 3 rings (SSSR count). The van der Waals surface area contributed by atoms with E-state index >= 15 is 0 Å². The zero-order chi connectivity index (χ0) is 16.9. The van der Waals surface area contributed by atoms with Crippen LogP contribution in [0.2, 0.25) is 10.0 Å². The minimum absolute atomic E-state index is 0.0298. The number of amides is 1. The number of nitrogens with one attached hydrogen (secondary N) is 1. The van der Waals surface area contributed by atoms with Crippen molar-refractivity contribution in [3.63, 3.8) is 0 Å². The predicted molar refractivity (Wildman–Crippen MR) is 95.7 cm³/mol. The molecule has 0 bridgehead atoms. The van der Waals surface area contributed by atoms with E-state index in [-0.39, 0.29) is 17.0 Å². The van der Waals surface area contributed by atoms with Gasteiger partial charge in [-0.25, -0.2) is 0 Å². The Morgan fingerprint density at radius 3 is 2.67 bits per heavy atom. The molecule has 1 N–H and O–H groups in total. The molecule has 0 saturated carbocycles. The standard InChI is InChI=1S/C18H20Cl2N2O2/c19-14-7-4-6-13(17(14)20)18(23)21-12-15(16-8-5-11-24-16)22-9-2-1-3-10-22/h4-8,11,15H,1-3,9-10,12H2,(H,21,23)/t15-/m1/s1. The maximum atomic E-state index is 12.5. The van der Waals surface area contributed by atoms with E-state index in [0.717, 1.165) is 18.8 Å². The normalized spacial score (nSPS) is 16.8. The molecule has 0 unspecified atom stereocenters. The Morgan fingerprint density at radius 1 is 1.17 bits per heavy atom. The van der Waals surface area contributed by atoms with Crippen molar-refractivity contribution in [1.29, 1.82) is 0 Å². The minimum Gasteiger partial charge on any atom is -0.468 e. The smallest absolute Gasteiger partial charge is 0.252 e. The predicted octanol–water partition coefficient (Wildman–Crippen LogP) is 4.54. The second kappa shape index (κ2) is 8.06. The summed E-state index contributed by atoms with van der Waals surface area (Å²) in [5, 5.41) is 3.63. The maximum absolute atomic E-state index is 12.5. The van der Waals surface area contributed by atoms with Crippen molar-refractivity contribution in [2.45, 2.75) is 25.3 Å². The summed E-state index contributed by atoms with van der Waals surface area (Å²) < 4.78 is 5.59. The van der Waals surface area contributed by atoms with Crippen LogP contribution in [0.3, 0.4) is 0 Å². The van der Waals surface area contributed by atoms with Crippen molar-refractivity contribution in [2.75, 3.05) is 19.6 Å². The summed E-state index contributed by atoms with van der Waals surface area (Å²) in [6.07, 6.45) is 5.27. The number of rotatable bonds is 5. The molecule has 6 heteroatoms. The molecule has 2 heterocycles. The Labute approximate surface area is 151 Å². The summed E-state index contributed by atoms with van der Waals surface area (Å²) in [5.41, 5.74) is 0.390. The van der Waals surface area contributed by atoms with Crippen molar-refractivity contribution in [3.05, 3.63) is 58.0 Å². The van der Waals surface area contributed by atoms with Gasteiger partial charge < -0.3 is 9.73 Å². The molecule has 4 nitrogen and oxygen atoms in total. The number of carbonyl (C=O) groups excluding carboxylic acids is 1. The molecule has 1 aromatic carbocycles. The molecule has 128 valence electrons. The Morgan fingerprint density at radius 2 is 1.96 bits per heavy atom. The van der Waals surface area contributed by atoms with Crippen molar-refractivity contribution in [2.24, 2.45) is 0 Å². The van der Waals surface area contributed by atoms with Crippen LogP contribution < -0.4 is 5.32 Å². The first-order chi connectivity index (χ1) is 11.7. The average Bonchev–Trinajstić information content (AvgIpc) is 3.12. The van der Waals surface area contributed by atoms with Gasteiger partial charge in [0.2, 0.25) is 0 Å². The number of piperidine rings is 1. The fourth-order valence-corrected chi connectivity index (χ4v) is 3.47. The van der Waals surface area contributed by atoms with Gasteiger partial charge in [-0.3, -0.25) is 9.69 Å². The van der Waals surface area contributed by atoms with Gasteiger partial charge in [-0.05, 0) is 50.2 Å². The topological polar surface area (TPSA) is 45.5 Å². The molecular weight excluding hydrogens is 347 g/mol. The highest BCUT2D eigenvalue weighted by Gasteiger charge is 2.25. The van der Waals surface area contributed by atoms with Gasteiger partial charge in [0.05, 0.1) is 27.9 Å². The highest BCUT2D eigenvalue weighted by molar-refractivity contribution is 6.43. The fourth-order valence-electron chi connectivity index (χ4n) is 3.08. The molecule has 2 aromatic rings. The Hall–Kier alpha value is -1.49. The van der Waals surface area contributed by atoms with Crippen LogP contribution in [0.1, 0.15) is 41.4 Å². The third-order valence-electron chi connectivity index (χ3n) is 4.36. The first-order valence-corrected chi connectivity index (χ1v) is 8.92. The lowest BCUT2D eigenvalue weighted by Gasteiger charge is -2.33. The van der Waals surface area contributed by atoms with E-state index < -0.39 is 0 Å². The van der Waals surface area contributed by atoms with E-state index in [9.17, 15) is 4.79 Å². The van der Waals surface area contributed by atoms with Gasteiger partial charge in [-0.1, -0.05) is 35.7 Å². The van der Waals surface area contributed by atoms with Crippen molar-refractivity contribution >= 4 is 29.1 Å². The molecular formula is C18H20Cl2N2O2. The van der Waals surface area contributed by atoms with Crippen LogP contribution in [0.25, 0.3) is 0 Å². The Bertz CT molecular complexity index is 682. The SMILES string of the molecule is O=C(NC[C@H](c1ccco1)N1CCCCC1)c1cccc(Cl)c1Cl. The largest absolute Gasteiger partial charge is 0.468 e. The first-order valence-electron chi connectivity index (χ1n) is 8.16. The monoisotopic (exact) mass is 366 g/mol. The lowest BCUT2D eigenvalue weighted by atomic mass is 10.1. The molecule has 1 atom stereocenters. The molecule has 1 aliphatic heterocycles. The molecule has 0 spiro atoms. The van der Waals surface area contributed by atoms with Gasteiger partial charge in [0.1, 0.15) is 5.76 Å². The number of furan rings is 1. The first kappa shape index (κ1) is 17.3. The number of benzene rings is 1. The lowest BCUT2D eigenvalue weighted by molar-refractivity contribution is 0.0914. The second-order valence-corrected chi connectivity index (χ2v) is 6.72. The van der Waals surface area contributed by atoms with E-state index in [2.05, 4.69) is 10.2 Å². The van der Waals surface area contributed by atoms with Crippen LogP contribution in [0.15, 0.2) is 41.0 Å². The fraction of sp³-hybridized carbons (Fsp3) is 0.389. The summed E-state index contributed by atoms with van der Waals surface area (Å²) in [4.78, 5) is 14.8. The van der Waals surface area contributed by atoms with Crippen LogP contribution in [0.4, 0.5) is 0 Å². The van der Waals surface area contributed by atoms with Crippen molar-refractivity contribution in [3.8, 4) is 0 Å². The van der Waals surface area contributed by atoms with Gasteiger partial charge in [0, 0.05) is 6.54 Å². The van der Waals surface area contributed by atoms with E-state index in [0.29, 0.717) is 17.1 Å². The van der Waals surface area contributed by atoms with Gasteiger partial charge >= 0.3 is 0 Å². The summed E-state index contributed by atoms with van der Waals surface area (Å²) in [7, 11) is 0. The third-order valence-corrected chi connectivity index (χ3v) is 5.17. The van der Waals surface area contributed by atoms with Crippen LogP contribution in [-0.4, -0.2) is 30.4 Å². The second-order valence-electron chi connectivity index (χ2n) is 5.94. The molecule has 1 fully saturated rings. The molecule has 1 aromatic heterocycles. The molecule has 1 amide bonds. The number of nitrogens with zero attached hydrogens (tertiary/aromatic N) is 1. The number of likely N-dealkylation sites (tertiary alicyclic amines) is 1. The molecule has 0 aliphatic carbocycles. The minimum atomic E-state index is -0.226. The Kier molecular flexibility index (Phi) is 5.82. The number of halogens is 2. The van der Waals surface area contributed by atoms with Crippen molar-refractivity contribution in [1.82, 2.24) is 10.2 Å². The van der Waals surface area contributed by atoms with Crippen LogP contribution in [0, 0.1) is 0 Å². The third kappa shape index (κ3) is 3.94. The molecule has 1 aliphatic rings. The van der Waals surface area contributed by atoms with Gasteiger partial charge in [-0.2, -0.15) is 0 Å². The zero-order valence-corrected chi connectivity index (χ0v) is 14.8. The molecule has 1 saturated heterocycles. The van der Waals surface area contributed by atoms with E-state index in [1.807, 2.05) is 12.1 Å². The van der Waals surface area contributed by atoms with Crippen molar-refractivity contribution < 1.29 is 9.21 Å². The number of hydrogen-bond acceptors (Lipinski definition) is 3. The van der Waals surface area contributed by atoms with Gasteiger partial charge in [0.15, 0.2) is 0 Å². The van der Waals surface area contributed by atoms with Crippen LogP contribution in [-0.2, 0) is 0 Å². The summed E-state index contributed by atoms with van der Waals surface area (Å²) in [6, 6.07) is 8.92. The van der Waals surface area contributed by atoms with E-state index in [1.54, 1.807) is 24.5 Å². The lowest BCUT2D eigenvalue weighted by Crippen LogP contribution is -2.40. The average molecular weight is 367 g/mol. The summed E-state index contributed by atoms with van der Waals surface area (Å²) in [6.45, 7) is 2.49. The number of hydrogen-bond donors (Lipinski definition) is 1. The highest BCUT2D eigenvalue weighted by atomic mass is 35.5. The molecule has 0 radical (unpaired) electrons. The van der Waals surface area contributed by atoms with Gasteiger partial charge in [0.25, 0.3) is 5.91 Å². The van der Waals surface area contributed by atoms with Crippen LogP contribution in [0.5, 0.6) is 0 Å².